The molecule has 2 heterocycles. The van der Waals surface area contributed by atoms with Crippen LogP contribution in [0.3, 0.4) is 0 Å². The van der Waals surface area contributed by atoms with Crippen LogP contribution in [0, 0.1) is 5.92 Å². The standard InChI is InChI=1S/C18H21N3O3/c1-11(2)8-14-17(22)19-15(18(20-14)24-3)9-12-10-21(23)16-7-5-4-6-13(12)16/h4-7,10-11,23H,8-9H2,1-3H3,(H,19,22). The number of methoxy groups -OCH3 is 1. The molecule has 6 heteroatoms. The number of nitrogens with one attached hydrogen (secondary N) is 1. The lowest BCUT2D eigenvalue weighted by Gasteiger charge is -2.10. The zero-order valence-electron chi connectivity index (χ0n) is 14.0. The quantitative estimate of drug-likeness (QED) is 0.706. The molecule has 0 atom stereocenters. The fourth-order valence-electron chi connectivity index (χ4n) is 2.88. The Morgan fingerprint density at radius 1 is 1.33 bits per heavy atom. The first-order valence-electron chi connectivity index (χ1n) is 7.94. The second kappa shape index (κ2) is 6.39. The molecule has 0 fully saturated rings. The van der Waals surface area contributed by atoms with Gasteiger partial charge in [-0.1, -0.05) is 32.0 Å². The van der Waals surface area contributed by atoms with Gasteiger partial charge in [0.15, 0.2) is 0 Å². The van der Waals surface area contributed by atoms with Gasteiger partial charge in [-0.05, 0) is 24.0 Å². The highest BCUT2D eigenvalue weighted by Gasteiger charge is 2.15. The van der Waals surface area contributed by atoms with Gasteiger partial charge in [-0.2, -0.15) is 4.73 Å². The van der Waals surface area contributed by atoms with Crippen molar-refractivity contribution in [3.05, 3.63) is 57.8 Å². The summed E-state index contributed by atoms with van der Waals surface area (Å²) < 4.78 is 6.46. The zero-order chi connectivity index (χ0) is 17.3. The van der Waals surface area contributed by atoms with Gasteiger partial charge in [-0.25, -0.2) is 4.98 Å². The minimum atomic E-state index is -0.188. The molecule has 126 valence electrons. The van der Waals surface area contributed by atoms with E-state index in [0.29, 0.717) is 36.0 Å². The van der Waals surface area contributed by atoms with Crippen LogP contribution < -0.4 is 10.3 Å². The lowest BCUT2D eigenvalue weighted by Crippen LogP contribution is -2.20. The van der Waals surface area contributed by atoms with Crippen LogP contribution in [0.15, 0.2) is 35.3 Å². The molecule has 0 saturated heterocycles. The first-order valence-corrected chi connectivity index (χ1v) is 7.94. The maximum absolute atomic E-state index is 12.3. The normalized spacial score (nSPS) is 11.3. The van der Waals surface area contributed by atoms with E-state index >= 15 is 0 Å². The third-order valence-corrected chi connectivity index (χ3v) is 3.96. The van der Waals surface area contributed by atoms with Crippen LogP contribution in [0.4, 0.5) is 0 Å². The maximum Gasteiger partial charge on any atom is 0.270 e. The molecule has 0 aliphatic carbocycles. The van der Waals surface area contributed by atoms with Crippen LogP contribution >= 0.6 is 0 Å². The Morgan fingerprint density at radius 2 is 2.08 bits per heavy atom. The van der Waals surface area contributed by atoms with Gasteiger partial charge in [-0.3, -0.25) is 4.79 Å². The van der Waals surface area contributed by atoms with Gasteiger partial charge in [-0.15, -0.1) is 0 Å². The number of aromatic amines is 1. The molecule has 0 aliphatic heterocycles. The van der Waals surface area contributed by atoms with E-state index in [4.69, 9.17) is 4.74 Å². The Morgan fingerprint density at radius 3 is 2.79 bits per heavy atom. The molecule has 6 nitrogen and oxygen atoms in total. The molecule has 1 aromatic carbocycles. The molecule has 0 bridgehead atoms. The molecule has 0 saturated carbocycles. The van der Waals surface area contributed by atoms with Crippen LogP contribution in [0.25, 0.3) is 10.9 Å². The predicted molar refractivity (Wildman–Crippen MR) is 91.9 cm³/mol. The largest absolute Gasteiger partial charge is 0.480 e. The number of ether oxygens (including phenoxy) is 1. The van der Waals surface area contributed by atoms with Crippen molar-refractivity contribution in [1.29, 1.82) is 0 Å². The minimum absolute atomic E-state index is 0.188. The molecule has 0 aliphatic rings. The van der Waals surface area contributed by atoms with Gasteiger partial charge in [0.05, 0.1) is 18.3 Å². The summed E-state index contributed by atoms with van der Waals surface area (Å²) >= 11 is 0. The molecule has 0 spiro atoms. The van der Waals surface area contributed by atoms with E-state index in [1.807, 2.05) is 38.1 Å². The molecular formula is C18H21N3O3. The summed E-state index contributed by atoms with van der Waals surface area (Å²) in [6.07, 6.45) is 2.66. The first-order chi connectivity index (χ1) is 11.5. The van der Waals surface area contributed by atoms with Gasteiger partial charge in [0, 0.05) is 18.0 Å². The van der Waals surface area contributed by atoms with Crippen LogP contribution in [0.5, 0.6) is 5.88 Å². The Bertz CT molecular complexity index is 925. The molecule has 0 unspecified atom stereocenters. The van der Waals surface area contributed by atoms with Crippen molar-refractivity contribution in [3.8, 4) is 5.88 Å². The van der Waals surface area contributed by atoms with E-state index in [1.54, 1.807) is 13.3 Å². The first kappa shape index (κ1) is 16.1. The second-order valence-electron chi connectivity index (χ2n) is 6.29. The number of para-hydroxylation sites is 1. The fourth-order valence-corrected chi connectivity index (χ4v) is 2.88. The maximum atomic E-state index is 12.3. The highest BCUT2D eigenvalue weighted by molar-refractivity contribution is 5.83. The van der Waals surface area contributed by atoms with Crippen molar-refractivity contribution in [1.82, 2.24) is 14.7 Å². The number of benzene rings is 1. The van der Waals surface area contributed by atoms with E-state index in [-0.39, 0.29) is 5.56 Å². The number of hydrogen-bond acceptors (Lipinski definition) is 4. The number of H-pyrrole nitrogens is 1. The summed E-state index contributed by atoms with van der Waals surface area (Å²) in [5.74, 6) is 0.751. The van der Waals surface area contributed by atoms with E-state index in [2.05, 4.69) is 9.97 Å². The third-order valence-electron chi connectivity index (χ3n) is 3.96. The number of rotatable bonds is 5. The number of fused-ring (bicyclic) bond motifs is 1. The zero-order valence-corrected chi connectivity index (χ0v) is 14.0. The Labute approximate surface area is 139 Å². The summed E-state index contributed by atoms with van der Waals surface area (Å²) in [5, 5.41) is 10.9. The monoisotopic (exact) mass is 327 g/mol. The van der Waals surface area contributed by atoms with Crippen molar-refractivity contribution in [2.45, 2.75) is 26.7 Å². The highest BCUT2D eigenvalue weighted by atomic mass is 16.5. The average Bonchev–Trinajstić information content (AvgIpc) is 2.86. The average molecular weight is 327 g/mol. The highest BCUT2D eigenvalue weighted by Crippen LogP contribution is 2.24. The van der Waals surface area contributed by atoms with Gasteiger partial charge in [0.25, 0.3) is 5.56 Å². The fraction of sp³-hybridized carbons (Fsp3) is 0.333. The van der Waals surface area contributed by atoms with E-state index in [0.717, 1.165) is 21.2 Å². The molecule has 0 radical (unpaired) electrons. The van der Waals surface area contributed by atoms with Crippen molar-refractivity contribution in [2.24, 2.45) is 5.92 Å². The van der Waals surface area contributed by atoms with E-state index in [9.17, 15) is 10.0 Å². The van der Waals surface area contributed by atoms with Crippen LogP contribution in [-0.4, -0.2) is 27.0 Å². The van der Waals surface area contributed by atoms with Crippen LogP contribution in [0.1, 0.15) is 30.8 Å². The van der Waals surface area contributed by atoms with E-state index < -0.39 is 0 Å². The van der Waals surface area contributed by atoms with Gasteiger partial charge in [0.2, 0.25) is 5.88 Å². The van der Waals surface area contributed by atoms with Crippen molar-refractivity contribution in [3.63, 3.8) is 0 Å². The third kappa shape index (κ3) is 2.99. The Hall–Kier alpha value is -2.76. The van der Waals surface area contributed by atoms with Crippen LogP contribution in [0.2, 0.25) is 0 Å². The second-order valence-corrected chi connectivity index (χ2v) is 6.29. The lowest BCUT2D eigenvalue weighted by molar-refractivity contribution is 0.199. The predicted octanol–water partition coefficient (Wildman–Crippen LogP) is 2.76. The molecule has 0 amide bonds. The van der Waals surface area contributed by atoms with Gasteiger partial charge in [0.1, 0.15) is 5.69 Å². The topological polar surface area (TPSA) is 80.1 Å². The smallest absolute Gasteiger partial charge is 0.270 e. The van der Waals surface area contributed by atoms with Crippen molar-refractivity contribution < 1.29 is 9.94 Å². The molecule has 2 N–H and O–H groups in total. The van der Waals surface area contributed by atoms with Crippen molar-refractivity contribution in [2.75, 3.05) is 7.11 Å². The molecule has 24 heavy (non-hydrogen) atoms. The molecule has 3 aromatic rings. The molecular weight excluding hydrogens is 306 g/mol. The Kier molecular flexibility index (Phi) is 4.29. The SMILES string of the molecule is COc1nc(CC(C)C)c(=O)[nH]c1Cc1cn(O)c2ccccc12. The molecule has 2 aromatic heterocycles. The van der Waals surface area contributed by atoms with Gasteiger partial charge >= 0.3 is 0 Å². The number of nitrogens with zero attached hydrogens (tertiary/aromatic N) is 2. The minimum Gasteiger partial charge on any atom is -0.480 e. The van der Waals surface area contributed by atoms with Crippen molar-refractivity contribution >= 4 is 10.9 Å². The summed E-state index contributed by atoms with van der Waals surface area (Å²) in [5.41, 5.74) is 2.51. The summed E-state index contributed by atoms with van der Waals surface area (Å²) in [4.78, 5) is 19.5. The number of hydrogen-bond donors (Lipinski definition) is 2. The Balaban J connectivity index is 2.03. The van der Waals surface area contributed by atoms with Gasteiger partial charge < -0.3 is 14.9 Å². The summed E-state index contributed by atoms with van der Waals surface area (Å²) in [7, 11) is 1.54. The lowest BCUT2D eigenvalue weighted by atomic mass is 10.1. The number of aromatic nitrogens is 3. The summed E-state index contributed by atoms with van der Waals surface area (Å²) in [6.45, 7) is 4.08. The van der Waals surface area contributed by atoms with Crippen LogP contribution in [-0.2, 0) is 12.8 Å². The summed E-state index contributed by atoms with van der Waals surface area (Å²) in [6, 6.07) is 7.55. The van der Waals surface area contributed by atoms with E-state index in [1.165, 1.54) is 0 Å². The molecule has 3 rings (SSSR count).